The molecule has 2 aliphatic rings. The van der Waals surface area contributed by atoms with E-state index in [-0.39, 0.29) is 23.6 Å². The van der Waals surface area contributed by atoms with Gasteiger partial charge >= 0.3 is 0 Å². The second-order valence-electron chi connectivity index (χ2n) is 8.01. The zero-order valence-corrected chi connectivity index (χ0v) is 17.0. The molecule has 1 atom stereocenters. The molecule has 4 rings (SSSR count). The van der Waals surface area contributed by atoms with Crippen molar-refractivity contribution in [2.45, 2.75) is 25.3 Å². The van der Waals surface area contributed by atoms with E-state index in [1.54, 1.807) is 29.2 Å². The van der Waals surface area contributed by atoms with Crippen LogP contribution in [-0.2, 0) is 16.0 Å². The van der Waals surface area contributed by atoms with Gasteiger partial charge in [-0.1, -0.05) is 48.5 Å². The van der Waals surface area contributed by atoms with Crippen LogP contribution >= 0.6 is 0 Å². The molecule has 1 heterocycles. The largest absolute Gasteiger partial charge is 0.340 e. The fourth-order valence-corrected chi connectivity index (χ4v) is 3.84. The standard InChI is InChI=1S/C24H27N3O3/c28-22(19-9-5-2-6-10-19)25-21(17-18-7-3-1-4-8-18)24(30)27-15-13-26(14-16-27)23(29)20-11-12-20/h1-10,20-21H,11-17H2,(H,25,28)/t21-/m1/s1. The summed E-state index contributed by atoms with van der Waals surface area (Å²) in [4.78, 5) is 41.9. The number of hydrogen-bond acceptors (Lipinski definition) is 3. The van der Waals surface area contributed by atoms with Crippen LogP contribution in [0.4, 0.5) is 0 Å². The maximum absolute atomic E-state index is 13.3. The average Bonchev–Trinajstić information content (AvgIpc) is 3.64. The second kappa shape index (κ2) is 9.11. The topological polar surface area (TPSA) is 69.7 Å². The number of nitrogens with one attached hydrogen (secondary N) is 1. The molecular formula is C24H27N3O3. The first-order valence-corrected chi connectivity index (χ1v) is 10.6. The predicted molar refractivity (Wildman–Crippen MR) is 114 cm³/mol. The number of piperazine rings is 1. The molecule has 2 aromatic rings. The van der Waals surface area contributed by atoms with E-state index in [4.69, 9.17) is 0 Å². The Balaban J connectivity index is 1.43. The van der Waals surface area contributed by atoms with Crippen molar-refractivity contribution in [3.8, 4) is 0 Å². The summed E-state index contributed by atoms with van der Waals surface area (Å²) in [5, 5.41) is 2.93. The first-order chi connectivity index (χ1) is 14.6. The SMILES string of the molecule is O=C(N[C@H](Cc1ccccc1)C(=O)N1CCN(C(=O)C2CC2)CC1)c1ccccc1. The minimum Gasteiger partial charge on any atom is -0.340 e. The average molecular weight is 405 g/mol. The lowest BCUT2D eigenvalue weighted by Gasteiger charge is -2.36. The Kier molecular flexibility index (Phi) is 6.12. The predicted octanol–water partition coefficient (Wildman–Crippen LogP) is 2.11. The van der Waals surface area contributed by atoms with Crippen molar-refractivity contribution in [3.63, 3.8) is 0 Å². The molecule has 1 saturated heterocycles. The van der Waals surface area contributed by atoms with Crippen LogP contribution in [0.3, 0.4) is 0 Å². The zero-order valence-electron chi connectivity index (χ0n) is 17.0. The first-order valence-electron chi connectivity index (χ1n) is 10.6. The van der Waals surface area contributed by atoms with Gasteiger partial charge in [-0.25, -0.2) is 0 Å². The van der Waals surface area contributed by atoms with E-state index >= 15 is 0 Å². The molecular weight excluding hydrogens is 378 g/mol. The summed E-state index contributed by atoms with van der Waals surface area (Å²) in [7, 11) is 0. The number of nitrogens with zero attached hydrogens (tertiary/aromatic N) is 2. The fraction of sp³-hybridized carbons (Fsp3) is 0.375. The number of rotatable bonds is 6. The van der Waals surface area contributed by atoms with Crippen molar-refractivity contribution in [2.75, 3.05) is 26.2 Å². The summed E-state index contributed by atoms with van der Waals surface area (Å²) >= 11 is 0. The smallest absolute Gasteiger partial charge is 0.251 e. The molecule has 0 radical (unpaired) electrons. The summed E-state index contributed by atoms with van der Waals surface area (Å²) < 4.78 is 0. The molecule has 3 amide bonds. The van der Waals surface area contributed by atoms with E-state index in [0.29, 0.717) is 38.2 Å². The highest BCUT2D eigenvalue weighted by atomic mass is 16.2. The van der Waals surface area contributed by atoms with E-state index in [0.717, 1.165) is 18.4 Å². The molecule has 2 aromatic carbocycles. The third kappa shape index (κ3) is 4.87. The highest BCUT2D eigenvalue weighted by Gasteiger charge is 2.36. The van der Waals surface area contributed by atoms with Crippen molar-refractivity contribution in [3.05, 3.63) is 71.8 Å². The maximum atomic E-state index is 13.3. The Hall–Kier alpha value is -3.15. The van der Waals surface area contributed by atoms with Crippen LogP contribution < -0.4 is 5.32 Å². The normalized spacial score (nSPS) is 17.3. The highest BCUT2D eigenvalue weighted by Crippen LogP contribution is 2.31. The third-order valence-corrected chi connectivity index (χ3v) is 5.75. The van der Waals surface area contributed by atoms with Gasteiger partial charge in [0.15, 0.2) is 0 Å². The van der Waals surface area contributed by atoms with Gasteiger partial charge in [0.25, 0.3) is 5.91 Å². The molecule has 0 bridgehead atoms. The monoisotopic (exact) mass is 405 g/mol. The van der Waals surface area contributed by atoms with Gasteiger partial charge < -0.3 is 15.1 Å². The van der Waals surface area contributed by atoms with Crippen LogP contribution in [0.2, 0.25) is 0 Å². The molecule has 1 aliphatic carbocycles. The second-order valence-corrected chi connectivity index (χ2v) is 8.01. The summed E-state index contributed by atoms with van der Waals surface area (Å²) in [6, 6.07) is 18.0. The minimum absolute atomic E-state index is 0.0957. The van der Waals surface area contributed by atoms with Gasteiger partial charge in [-0.2, -0.15) is 0 Å². The van der Waals surface area contributed by atoms with E-state index in [9.17, 15) is 14.4 Å². The molecule has 0 spiro atoms. The highest BCUT2D eigenvalue weighted by molar-refractivity contribution is 5.97. The zero-order chi connectivity index (χ0) is 20.9. The number of carbonyl (C=O) groups excluding carboxylic acids is 3. The Morgan fingerprint density at radius 1 is 0.833 bits per heavy atom. The van der Waals surface area contributed by atoms with Crippen LogP contribution in [0.15, 0.2) is 60.7 Å². The molecule has 1 aliphatic heterocycles. The fourth-order valence-electron chi connectivity index (χ4n) is 3.84. The number of amides is 3. The van der Waals surface area contributed by atoms with E-state index in [1.807, 2.05) is 41.3 Å². The van der Waals surface area contributed by atoms with Crippen molar-refractivity contribution in [1.82, 2.24) is 15.1 Å². The van der Waals surface area contributed by atoms with Crippen LogP contribution in [0.1, 0.15) is 28.8 Å². The molecule has 0 unspecified atom stereocenters. The number of benzene rings is 2. The van der Waals surface area contributed by atoms with E-state index < -0.39 is 6.04 Å². The van der Waals surface area contributed by atoms with Gasteiger partial charge in [0.2, 0.25) is 11.8 Å². The van der Waals surface area contributed by atoms with Crippen LogP contribution in [0.25, 0.3) is 0 Å². The Morgan fingerprint density at radius 3 is 2.00 bits per heavy atom. The Morgan fingerprint density at radius 2 is 1.40 bits per heavy atom. The van der Waals surface area contributed by atoms with Gasteiger partial charge in [0, 0.05) is 44.1 Å². The molecule has 6 nitrogen and oxygen atoms in total. The number of carbonyl (C=O) groups is 3. The quantitative estimate of drug-likeness (QED) is 0.800. The first kappa shape index (κ1) is 20.1. The van der Waals surface area contributed by atoms with Crippen LogP contribution in [-0.4, -0.2) is 59.7 Å². The Labute approximate surface area is 176 Å². The molecule has 0 aromatic heterocycles. The molecule has 1 saturated carbocycles. The maximum Gasteiger partial charge on any atom is 0.251 e. The summed E-state index contributed by atoms with van der Waals surface area (Å²) in [6.07, 6.45) is 2.41. The summed E-state index contributed by atoms with van der Waals surface area (Å²) in [5.74, 6) is 0.0673. The van der Waals surface area contributed by atoms with E-state index in [1.165, 1.54) is 0 Å². The van der Waals surface area contributed by atoms with Crippen molar-refractivity contribution < 1.29 is 14.4 Å². The van der Waals surface area contributed by atoms with Gasteiger partial charge in [-0.05, 0) is 30.5 Å². The number of hydrogen-bond donors (Lipinski definition) is 1. The van der Waals surface area contributed by atoms with Gasteiger partial charge in [0.1, 0.15) is 6.04 Å². The lowest BCUT2D eigenvalue weighted by molar-refractivity contribution is -0.141. The summed E-state index contributed by atoms with van der Waals surface area (Å²) in [6.45, 7) is 2.13. The lowest BCUT2D eigenvalue weighted by atomic mass is 10.0. The van der Waals surface area contributed by atoms with Gasteiger partial charge in [-0.15, -0.1) is 0 Å². The van der Waals surface area contributed by atoms with Crippen molar-refractivity contribution in [1.29, 1.82) is 0 Å². The lowest BCUT2D eigenvalue weighted by Crippen LogP contribution is -2.56. The van der Waals surface area contributed by atoms with Crippen molar-refractivity contribution in [2.24, 2.45) is 5.92 Å². The van der Waals surface area contributed by atoms with Crippen LogP contribution in [0, 0.1) is 5.92 Å². The molecule has 30 heavy (non-hydrogen) atoms. The molecule has 1 N–H and O–H groups in total. The molecule has 156 valence electrons. The van der Waals surface area contributed by atoms with Crippen LogP contribution in [0.5, 0.6) is 0 Å². The van der Waals surface area contributed by atoms with Crippen molar-refractivity contribution >= 4 is 17.7 Å². The van der Waals surface area contributed by atoms with E-state index in [2.05, 4.69) is 5.32 Å². The van der Waals surface area contributed by atoms with Gasteiger partial charge in [-0.3, -0.25) is 14.4 Å². The Bertz CT molecular complexity index is 888. The minimum atomic E-state index is -0.647. The molecule has 2 fully saturated rings. The van der Waals surface area contributed by atoms with Gasteiger partial charge in [0.05, 0.1) is 0 Å². The summed E-state index contributed by atoms with van der Waals surface area (Å²) in [5.41, 5.74) is 1.52. The molecule has 6 heteroatoms. The third-order valence-electron chi connectivity index (χ3n) is 5.75.